The molecule has 0 radical (unpaired) electrons. The van der Waals surface area contributed by atoms with Gasteiger partial charge >= 0.3 is 6.18 Å². The fourth-order valence-corrected chi connectivity index (χ4v) is 3.34. The number of nitrogens with zero attached hydrogens (tertiary/aromatic N) is 3. The van der Waals surface area contributed by atoms with Crippen LogP contribution in [-0.4, -0.2) is 23.4 Å². The van der Waals surface area contributed by atoms with Gasteiger partial charge in [-0.25, -0.2) is 23.4 Å². The molecule has 0 aliphatic carbocycles. The molecule has 3 rings (SSSR count). The Bertz CT molecular complexity index is 1210. The second-order valence-electron chi connectivity index (χ2n) is 6.21. The first-order valence-corrected chi connectivity index (χ1v) is 10.3. The number of rotatable bonds is 6. The number of sulfonamides is 1. The highest BCUT2D eigenvalue weighted by Gasteiger charge is 2.31. The zero-order valence-electron chi connectivity index (χ0n) is 15.7. The number of aryl methyl sites for hydroxylation is 1. The molecule has 2 heterocycles. The van der Waals surface area contributed by atoms with Gasteiger partial charge in [0.05, 0.1) is 15.5 Å². The molecule has 0 bridgehead atoms. The Morgan fingerprint density at radius 2 is 1.68 bits per heavy atom. The van der Waals surface area contributed by atoms with Crippen molar-refractivity contribution < 1.29 is 21.6 Å². The van der Waals surface area contributed by atoms with Gasteiger partial charge in [0.15, 0.2) is 11.6 Å². The number of hydrazine groups is 1. The standard InChI is InChI=1S/C17H15ClF3N7O2S/c1-9-2-4-11(5-3-9)31(29,30)28-27-16-13(22)15(24-8-25-16)26-14-12(18)6-10(7-23-14)17(19,20)21/h2-8,28H,22H2,1H3,(H2,23,24,25,26,27). The Hall–Kier alpha value is -3.16. The number of benzene rings is 1. The first-order valence-electron chi connectivity index (χ1n) is 8.42. The summed E-state index contributed by atoms with van der Waals surface area (Å²) in [7, 11) is -3.93. The highest BCUT2D eigenvalue weighted by atomic mass is 35.5. The van der Waals surface area contributed by atoms with E-state index in [2.05, 4.69) is 30.5 Å². The van der Waals surface area contributed by atoms with Gasteiger partial charge in [0.2, 0.25) is 0 Å². The lowest BCUT2D eigenvalue weighted by Crippen LogP contribution is -2.30. The number of nitrogens with two attached hydrogens (primary N) is 1. The van der Waals surface area contributed by atoms with Crippen molar-refractivity contribution in [3.05, 3.63) is 59.0 Å². The number of alkyl halides is 3. The van der Waals surface area contributed by atoms with Crippen molar-refractivity contribution >= 4 is 44.8 Å². The summed E-state index contributed by atoms with van der Waals surface area (Å²) in [5, 5.41) is 2.27. The summed E-state index contributed by atoms with van der Waals surface area (Å²) < 4.78 is 63.0. The van der Waals surface area contributed by atoms with Crippen molar-refractivity contribution in [3.63, 3.8) is 0 Å². The van der Waals surface area contributed by atoms with Crippen molar-refractivity contribution in [2.75, 3.05) is 16.5 Å². The molecule has 0 saturated carbocycles. The van der Waals surface area contributed by atoms with Crippen LogP contribution in [0.25, 0.3) is 0 Å². The van der Waals surface area contributed by atoms with Gasteiger partial charge in [0.25, 0.3) is 10.0 Å². The van der Waals surface area contributed by atoms with E-state index >= 15 is 0 Å². The molecule has 0 aliphatic heterocycles. The molecule has 0 saturated heterocycles. The van der Waals surface area contributed by atoms with Crippen LogP contribution in [0.4, 0.5) is 36.3 Å². The van der Waals surface area contributed by atoms with Crippen molar-refractivity contribution in [2.24, 2.45) is 0 Å². The summed E-state index contributed by atoms with van der Waals surface area (Å²) >= 11 is 5.86. The number of pyridine rings is 1. The predicted octanol–water partition coefficient (Wildman–Crippen LogP) is 3.48. The molecular formula is C17H15ClF3N7O2S. The molecule has 0 amide bonds. The number of hydrogen-bond donors (Lipinski definition) is 4. The molecule has 0 unspecified atom stereocenters. The van der Waals surface area contributed by atoms with Crippen LogP contribution in [0.15, 0.2) is 47.8 Å². The Balaban J connectivity index is 1.78. The van der Waals surface area contributed by atoms with E-state index in [4.69, 9.17) is 17.3 Å². The maximum Gasteiger partial charge on any atom is 0.417 e. The number of nitrogen functional groups attached to an aromatic ring is 1. The Morgan fingerprint density at radius 3 is 2.29 bits per heavy atom. The van der Waals surface area contributed by atoms with Gasteiger partial charge in [-0.15, -0.1) is 4.83 Å². The lowest BCUT2D eigenvalue weighted by molar-refractivity contribution is -0.137. The quantitative estimate of drug-likeness (QED) is 0.400. The lowest BCUT2D eigenvalue weighted by Gasteiger charge is -2.14. The summed E-state index contributed by atoms with van der Waals surface area (Å²) in [6.45, 7) is 1.82. The average molecular weight is 474 g/mol. The molecule has 14 heteroatoms. The van der Waals surface area contributed by atoms with Gasteiger partial charge in [-0.2, -0.15) is 13.2 Å². The van der Waals surface area contributed by atoms with Crippen LogP contribution in [0.3, 0.4) is 0 Å². The molecule has 1 aromatic carbocycles. The summed E-state index contributed by atoms with van der Waals surface area (Å²) in [4.78, 5) is 13.5. The van der Waals surface area contributed by atoms with E-state index in [9.17, 15) is 21.6 Å². The van der Waals surface area contributed by atoms with Crippen molar-refractivity contribution in [2.45, 2.75) is 18.0 Å². The minimum Gasteiger partial charge on any atom is -0.393 e. The van der Waals surface area contributed by atoms with Crippen LogP contribution in [0.5, 0.6) is 0 Å². The zero-order valence-corrected chi connectivity index (χ0v) is 17.3. The van der Waals surface area contributed by atoms with Crippen LogP contribution >= 0.6 is 11.6 Å². The minimum atomic E-state index is -4.60. The number of aromatic nitrogens is 3. The van der Waals surface area contributed by atoms with Crippen LogP contribution in [0, 0.1) is 6.92 Å². The predicted molar refractivity (Wildman–Crippen MR) is 109 cm³/mol. The van der Waals surface area contributed by atoms with Gasteiger partial charge in [-0.3, -0.25) is 5.43 Å². The van der Waals surface area contributed by atoms with Gasteiger partial charge in [-0.1, -0.05) is 29.3 Å². The van der Waals surface area contributed by atoms with E-state index in [-0.39, 0.29) is 33.1 Å². The first-order chi connectivity index (χ1) is 14.5. The smallest absolute Gasteiger partial charge is 0.393 e. The molecule has 2 aromatic heterocycles. The number of hydrogen-bond acceptors (Lipinski definition) is 8. The van der Waals surface area contributed by atoms with Crippen LogP contribution < -0.4 is 21.3 Å². The Morgan fingerprint density at radius 1 is 1.03 bits per heavy atom. The van der Waals surface area contributed by atoms with Gasteiger partial charge in [0.1, 0.15) is 17.8 Å². The van der Waals surface area contributed by atoms with Gasteiger partial charge in [0, 0.05) is 6.20 Å². The fraction of sp³-hybridized carbons (Fsp3) is 0.118. The number of nitrogens with one attached hydrogen (secondary N) is 3. The normalized spacial score (nSPS) is 11.9. The van der Waals surface area contributed by atoms with E-state index in [1.807, 2.05) is 6.92 Å². The highest BCUT2D eigenvalue weighted by Crippen LogP contribution is 2.34. The van der Waals surface area contributed by atoms with Crippen molar-refractivity contribution in [3.8, 4) is 0 Å². The summed E-state index contributed by atoms with van der Waals surface area (Å²) in [6, 6.07) is 6.82. The van der Waals surface area contributed by atoms with E-state index in [1.165, 1.54) is 12.1 Å². The molecule has 164 valence electrons. The Kier molecular flexibility index (Phi) is 6.20. The highest BCUT2D eigenvalue weighted by molar-refractivity contribution is 7.89. The summed E-state index contributed by atoms with van der Waals surface area (Å²) in [5.41, 5.74) is 8.05. The third-order valence-electron chi connectivity index (χ3n) is 3.92. The molecule has 0 fully saturated rings. The largest absolute Gasteiger partial charge is 0.417 e. The molecule has 0 spiro atoms. The van der Waals surface area contributed by atoms with Crippen LogP contribution in [-0.2, 0) is 16.2 Å². The molecular weight excluding hydrogens is 459 g/mol. The second kappa shape index (κ2) is 8.53. The topological polar surface area (TPSA) is 135 Å². The second-order valence-corrected chi connectivity index (χ2v) is 8.29. The summed E-state index contributed by atoms with van der Waals surface area (Å²) in [5.74, 6) is -0.288. The number of halogens is 4. The van der Waals surface area contributed by atoms with Crippen molar-refractivity contribution in [1.82, 2.24) is 19.8 Å². The Labute approximate surface area is 179 Å². The zero-order chi connectivity index (χ0) is 22.8. The third kappa shape index (κ3) is 5.31. The number of anilines is 4. The molecule has 0 atom stereocenters. The maximum atomic E-state index is 12.7. The monoisotopic (exact) mass is 473 g/mol. The lowest BCUT2D eigenvalue weighted by atomic mass is 10.2. The van der Waals surface area contributed by atoms with E-state index in [0.29, 0.717) is 12.3 Å². The molecule has 31 heavy (non-hydrogen) atoms. The van der Waals surface area contributed by atoms with Crippen molar-refractivity contribution in [1.29, 1.82) is 0 Å². The summed E-state index contributed by atoms with van der Waals surface area (Å²) in [6.07, 6.45) is -2.95. The fourth-order valence-electron chi connectivity index (χ4n) is 2.28. The third-order valence-corrected chi connectivity index (χ3v) is 5.48. The average Bonchev–Trinajstić information content (AvgIpc) is 2.69. The van der Waals surface area contributed by atoms with Gasteiger partial charge < -0.3 is 11.1 Å². The van der Waals surface area contributed by atoms with Gasteiger partial charge in [-0.05, 0) is 25.1 Å². The molecule has 0 aliphatic rings. The molecule has 3 aromatic rings. The maximum absolute atomic E-state index is 12.7. The van der Waals surface area contributed by atoms with E-state index in [0.717, 1.165) is 11.9 Å². The van der Waals surface area contributed by atoms with E-state index < -0.39 is 21.8 Å². The molecule has 9 nitrogen and oxygen atoms in total. The minimum absolute atomic E-state index is 0.0114. The SMILES string of the molecule is Cc1ccc(S(=O)(=O)NNc2ncnc(Nc3ncc(C(F)(F)F)cc3Cl)c2N)cc1. The van der Waals surface area contributed by atoms with Crippen LogP contribution in [0.2, 0.25) is 5.02 Å². The molecule has 5 N–H and O–H groups in total. The first kappa shape index (κ1) is 22.5. The van der Waals surface area contributed by atoms with Crippen LogP contribution in [0.1, 0.15) is 11.1 Å². The van der Waals surface area contributed by atoms with E-state index in [1.54, 1.807) is 12.1 Å².